The number of aryl methyl sites for hydroxylation is 1. The second-order valence-electron chi connectivity index (χ2n) is 7.77. The molecule has 0 atom stereocenters. The van der Waals surface area contributed by atoms with Crippen molar-refractivity contribution < 1.29 is 13.2 Å². The molecule has 0 aliphatic rings. The van der Waals surface area contributed by atoms with Gasteiger partial charge in [0.25, 0.3) is 0 Å². The largest absolute Gasteiger partial charge is 0.384 e. The number of nitrogen functional groups attached to an aromatic ring is 1. The number of sulfonamides is 1. The van der Waals surface area contributed by atoms with Crippen LogP contribution in [0, 0.1) is 0 Å². The summed E-state index contributed by atoms with van der Waals surface area (Å²) >= 11 is 0. The molecule has 8 nitrogen and oxygen atoms in total. The molecule has 0 unspecified atom stereocenters. The molecule has 2 heterocycles. The summed E-state index contributed by atoms with van der Waals surface area (Å²) < 4.78 is 27.9. The van der Waals surface area contributed by atoms with E-state index in [0.717, 1.165) is 22.1 Å². The molecule has 0 spiro atoms. The van der Waals surface area contributed by atoms with Crippen molar-refractivity contribution in [3.05, 3.63) is 84.8 Å². The van der Waals surface area contributed by atoms with E-state index >= 15 is 0 Å². The molecule has 0 fully saturated rings. The molecule has 0 saturated carbocycles. The van der Waals surface area contributed by atoms with E-state index in [9.17, 15) is 13.2 Å². The number of fused-ring (bicyclic) bond motifs is 1. The lowest BCUT2D eigenvalue weighted by Crippen LogP contribution is -2.34. The van der Waals surface area contributed by atoms with E-state index in [0.29, 0.717) is 24.0 Å². The van der Waals surface area contributed by atoms with Gasteiger partial charge in [0, 0.05) is 54.4 Å². The van der Waals surface area contributed by atoms with Gasteiger partial charge in [-0.25, -0.2) is 18.1 Å². The molecule has 0 bridgehead atoms. The molecule has 4 rings (SSSR count). The Bertz CT molecular complexity index is 1380. The van der Waals surface area contributed by atoms with Crippen LogP contribution in [-0.4, -0.2) is 37.4 Å². The first-order chi connectivity index (χ1) is 16.4. The van der Waals surface area contributed by atoms with Crippen molar-refractivity contribution in [2.75, 3.05) is 18.8 Å². The first kappa shape index (κ1) is 23.3. The van der Waals surface area contributed by atoms with Crippen molar-refractivity contribution in [3.63, 3.8) is 0 Å². The number of hydrogen-bond acceptors (Lipinski definition) is 6. The third-order valence-electron chi connectivity index (χ3n) is 5.38. The molecule has 4 aromatic rings. The molecule has 0 aliphatic carbocycles. The van der Waals surface area contributed by atoms with Crippen LogP contribution in [0.25, 0.3) is 21.9 Å². The molecule has 2 aromatic carbocycles. The van der Waals surface area contributed by atoms with Gasteiger partial charge in [-0.1, -0.05) is 36.4 Å². The van der Waals surface area contributed by atoms with Crippen LogP contribution in [0.3, 0.4) is 0 Å². The Morgan fingerprint density at radius 3 is 2.47 bits per heavy atom. The molecular formula is C25H25N5O3S. The third kappa shape index (κ3) is 5.75. The second-order valence-corrected chi connectivity index (χ2v) is 9.50. The zero-order chi connectivity index (χ0) is 24.0. The number of hydrogen-bond donors (Lipinski definition) is 3. The van der Waals surface area contributed by atoms with Gasteiger partial charge < -0.3 is 11.1 Å². The highest BCUT2D eigenvalue weighted by Gasteiger charge is 2.16. The number of aromatic nitrogens is 2. The number of nitrogens with zero attached hydrogens (tertiary/aromatic N) is 2. The summed E-state index contributed by atoms with van der Waals surface area (Å²) in [5.41, 5.74) is 8.66. The fourth-order valence-corrected chi connectivity index (χ4v) is 4.84. The minimum absolute atomic E-state index is 0.0971. The second kappa shape index (κ2) is 10.4. The van der Waals surface area contributed by atoms with E-state index < -0.39 is 10.0 Å². The van der Waals surface area contributed by atoms with Crippen LogP contribution in [0.1, 0.15) is 12.0 Å². The van der Waals surface area contributed by atoms with Gasteiger partial charge in [-0.05, 0) is 41.8 Å². The Balaban J connectivity index is 1.23. The topological polar surface area (TPSA) is 127 Å². The molecule has 0 radical (unpaired) electrons. The number of nitrogens with two attached hydrogens (primary N) is 1. The predicted molar refractivity (Wildman–Crippen MR) is 132 cm³/mol. The molecule has 34 heavy (non-hydrogen) atoms. The maximum Gasteiger partial charge on any atom is 0.241 e. The van der Waals surface area contributed by atoms with Crippen LogP contribution < -0.4 is 15.8 Å². The average Bonchev–Trinajstić information content (AvgIpc) is 2.86. The minimum atomic E-state index is -3.71. The quantitative estimate of drug-likeness (QED) is 0.320. The summed E-state index contributed by atoms with van der Waals surface area (Å²) in [4.78, 5) is 20.5. The summed E-state index contributed by atoms with van der Waals surface area (Å²) in [6.07, 6.45) is 5.80. The molecule has 9 heteroatoms. The van der Waals surface area contributed by atoms with Crippen molar-refractivity contribution in [3.8, 4) is 11.1 Å². The molecule has 2 aromatic heterocycles. The van der Waals surface area contributed by atoms with Crippen LogP contribution in [0.4, 0.5) is 5.82 Å². The Morgan fingerprint density at radius 1 is 0.912 bits per heavy atom. The Labute approximate surface area is 198 Å². The first-order valence-electron chi connectivity index (χ1n) is 10.8. The van der Waals surface area contributed by atoms with Gasteiger partial charge in [0.05, 0.1) is 4.90 Å². The summed E-state index contributed by atoms with van der Waals surface area (Å²) in [6, 6.07) is 18.3. The smallest absolute Gasteiger partial charge is 0.241 e. The van der Waals surface area contributed by atoms with Gasteiger partial charge in [0.1, 0.15) is 5.82 Å². The summed E-state index contributed by atoms with van der Waals surface area (Å²) in [5, 5.41) is 4.11. The number of benzene rings is 2. The van der Waals surface area contributed by atoms with Crippen LogP contribution in [0.15, 0.2) is 84.1 Å². The average molecular weight is 476 g/mol. The lowest BCUT2D eigenvalue weighted by atomic mass is 10.0. The number of amides is 1. The van der Waals surface area contributed by atoms with Gasteiger partial charge in [0.15, 0.2) is 0 Å². The van der Waals surface area contributed by atoms with Crippen molar-refractivity contribution in [2.24, 2.45) is 0 Å². The van der Waals surface area contributed by atoms with Gasteiger partial charge in [-0.15, -0.1) is 0 Å². The predicted octanol–water partition coefficient (Wildman–Crippen LogP) is 2.91. The van der Waals surface area contributed by atoms with Crippen LogP contribution in [-0.2, 0) is 21.2 Å². The normalized spacial score (nSPS) is 11.4. The van der Waals surface area contributed by atoms with Crippen LogP contribution >= 0.6 is 0 Å². The van der Waals surface area contributed by atoms with E-state index in [1.165, 1.54) is 0 Å². The maximum atomic E-state index is 12.7. The van der Waals surface area contributed by atoms with Gasteiger partial charge in [-0.3, -0.25) is 9.78 Å². The Morgan fingerprint density at radius 2 is 1.71 bits per heavy atom. The lowest BCUT2D eigenvalue weighted by molar-refractivity contribution is -0.121. The van der Waals surface area contributed by atoms with Crippen molar-refractivity contribution in [1.82, 2.24) is 20.0 Å². The SMILES string of the molecule is Nc1ccc(-c2ccc(CCC(=O)NCCNS(=O)(=O)c3cccc4cnccc34)cc2)cn1. The number of anilines is 1. The highest BCUT2D eigenvalue weighted by Crippen LogP contribution is 2.22. The summed E-state index contributed by atoms with van der Waals surface area (Å²) in [6.45, 7) is 0.299. The number of rotatable bonds is 9. The zero-order valence-electron chi connectivity index (χ0n) is 18.4. The summed E-state index contributed by atoms with van der Waals surface area (Å²) in [5.74, 6) is 0.340. The fraction of sp³-hybridized carbons (Fsp3) is 0.160. The van der Waals surface area contributed by atoms with E-state index in [1.807, 2.05) is 36.4 Å². The first-order valence-corrected chi connectivity index (χ1v) is 12.3. The monoisotopic (exact) mass is 475 g/mol. The number of carbonyl (C=O) groups is 1. The molecule has 1 amide bonds. The van der Waals surface area contributed by atoms with Crippen molar-refractivity contribution in [2.45, 2.75) is 17.7 Å². The fourth-order valence-electron chi connectivity index (χ4n) is 3.58. The van der Waals surface area contributed by atoms with Crippen LogP contribution in [0.2, 0.25) is 0 Å². The molecule has 0 aliphatic heterocycles. The standard InChI is InChI=1S/C25H25N5O3S/c26-24-10-9-20(17-29-24)19-7-4-18(5-8-19)6-11-25(31)28-14-15-30-34(32,33)23-3-1-2-21-16-27-13-12-22(21)23/h1-5,7-10,12-13,16-17,30H,6,11,14-15H2,(H2,26,29)(H,28,31). The van der Waals surface area contributed by atoms with Crippen LogP contribution in [0.5, 0.6) is 0 Å². The van der Waals surface area contributed by atoms with Crippen molar-refractivity contribution in [1.29, 1.82) is 0 Å². The number of pyridine rings is 2. The number of carbonyl (C=O) groups excluding carboxylic acids is 1. The van der Waals surface area contributed by atoms with E-state index in [4.69, 9.17) is 5.73 Å². The highest BCUT2D eigenvalue weighted by molar-refractivity contribution is 7.89. The van der Waals surface area contributed by atoms with Gasteiger partial charge in [-0.2, -0.15) is 0 Å². The molecule has 174 valence electrons. The van der Waals surface area contributed by atoms with Gasteiger partial charge >= 0.3 is 0 Å². The van der Waals surface area contributed by atoms with Gasteiger partial charge in [0.2, 0.25) is 15.9 Å². The lowest BCUT2D eigenvalue weighted by Gasteiger charge is -2.10. The van der Waals surface area contributed by atoms with E-state index in [2.05, 4.69) is 20.0 Å². The minimum Gasteiger partial charge on any atom is -0.384 e. The zero-order valence-corrected chi connectivity index (χ0v) is 19.3. The van der Waals surface area contributed by atoms with Crippen molar-refractivity contribution >= 4 is 32.5 Å². The number of nitrogens with one attached hydrogen (secondary N) is 2. The summed E-state index contributed by atoms with van der Waals surface area (Å²) in [7, 11) is -3.71. The molecular weight excluding hydrogens is 450 g/mol. The Hall–Kier alpha value is -3.82. The third-order valence-corrected chi connectivity index (χ3v) is 6.90. The molecule has 0 saturated heterocycles. The maximum absolute atomic E-state index is 12.7. The Kier molecular flexibility index (Phi) is 7.15. The van der Waals surface area contributed by atoms with E-state index in [1.54, 1.807) is 42.9 Å². The van der Waals surface area contributed by atoms with E-state index in [-0.39, 0.29) is 23.9 Å². The molecule has 4 N–H and O–H groups in total. The highest BCUT2D eigenvalue weighted by atomic mass is 32.2.